The van der Waals surface area contributed by atoms with Gasteiger partial charge in [0.15, 0.2) is 15.8 Å². The molecule has 1 rings (SSSR count). The quantitative estimate of drug-likeness (QED) is 0.517. The molecule has 1 aliphatic heterocycles. The summed E-state index contributed by atoms with van der Waals surface area (Å²) in [5.41, 5.74) is 0. The molecule has 0 aromatic heterocycles. The third kappa shape index (κ3) is 7.43. The van der Waals surface area contributed by atoms with E-state index in [1.165, 1.54) is 38.8 Å². The SMILES string of the molecule is CN=C(NCCS(=O)(=O)C(C)(C)C)NCC(C(C)C)N1CCCCCC1. The molecule has 1 atom stereocenters. The molecule has 1 fully saturated rings. The van der Waals surface area contributed by atoms with E-state index in [0.717, 1.165) is 6.54 Å². The third-order valence-electron chi connectivity index (χ3n) is 5.18. The fourth-order valence-electron chi connectivity index (χ4n) is 3.25. The number of guanidine groups is 1. The molecule has 0 bridgehead atoms. The Kier molecular flexibility index (Phi) is 9.38. The van der Waals surface area contributed by atoms with Crippen LogP contribution in [0.15, 0.2) is 4.99 Å². The highest BCUT2D eigenvalue weighted by atomic mass is 32.2. The molecule has 0 aromatic rings. The molecule has 0 radical (unpaired) electrons. The third-order valence-corrected chi connectivity index (χ3v) is 7.79. The predicted octanol–water partition coefficient (Wildman–Crippen LogP) is 2.27. The molecule has 0 amide bonds. The molecule has 1 heterocycles. The maximum absolute atomic E-state index is 12.2. The minimum atomic E-state index is -3.12. The summed E-state index contributed by atoms with van der Waals surface area (Å²) in [6, 6.07) is 0.463. The smallest absolute Gasteiger partial charge is 0.191 e. The van der Waals surface area contributed by atoms with Gasteiger partial charge >= 0.3 is 0 Å². The summed E-state index contributed by atoms with van der Waals surface area (Å²) in [5, 5.41) is 6.54. The van der Waals surface area contributed by atoms with Crippen molar-refractivity contribution >= 4 is 15.8 Å². The zero-order valence-corrected chi connectivity index (χ0v) is 18.5. The Morgan fingerprint density at radius 3 is 2.12 bits per heavy atom. The van der Waals surface area contributed by atoms with Gasteiger partial charge in [0.05, 0.1) is 10.5 Å². The Hall–Kier alpha value is -0.820. The lowest BCUT2D eigenvalue weighted by atomic mass is 10.0. The Labute approximate surface area is 161 Å². The Balaban J connectivity index is 2.53. The summed E-state index contributed by atoms with van der Waals surface area (Å²) in [7, 11) is -1.39. The van der Waals surface area contributed by atoms with Gasteiger partial charge in [-0.05, 0) is 52.6 Å². The second-order valence-electron chi connectivity index (χ2n) is 8.57. The first-order valence-corrected chi connectivity index (χ1v) is 11.6. The van der Waals surface area contributed by atoms with Crippen LogP contribution in [-0.2, 0) is 9.84 Å². The summed E-state index contributed by atoms with van der Waals surface area (Å²) >= 11 is 0. The van der Waals surface area contributed by atoms with E-state index in [0.29, 0.717) is 24.5 Å². The predicted molar refractivity (Wildman–Crippen MR) is 112 cm³/mol. The fraction of sp³-hybridized carbons (Fsp3) is 0.947. The van der Waals surface area contributed by atoms with E-state index >= 15 is 0 Å². The van der Waals surface area contributed by atoms with Crippen LogP contribution in [0.4, 0.5) is 0 Å². The van der Waals surface area contributed by atoms with Gasteiger partial charge in [-0.15, -0.1) is 0 Å². The lowest BCUT2D eigenvalue weighted by molar-refractivity contribution is 0.161. The number of nitrogens with one attached hydrogen (secondary N) is 2. The number of hydrogen-bond acceptors (Lipinski definition) is 4. The van der Waals surface area contributed by atoms with Crippen LogP contribution in [0.25, 0.3) is 0 Å². The molecule has 0 spiro atoms. The van der Waals surface area contributed by atoms with Crippen molar-refractivity contribution < 1.29 is 8.42 Å². The van der Waals surface area contributed by atoms with Gasteiger partial charge in [-0.1, -0.05) is 26.7 Å². The van der Waals surface area contributed by atoms with Gasteiger partial charge in [-0.3, -0.25) is 9.89 Å². The highest BCUT2D eigenvalue weighted by Crippen LogP contribution is 2.17. The van der Waals surface area contributed by atoms with Gasteiger partial charge in [0.25, 0.3) is 0 Å². The summed E-state index contributed by atoms with van der Waals surface area (Å²) in [4.78, 5) is 6.85. The summed E-state index contributed by atoms with van der Waals surface area (Å²) < 4.78 is 23.7. The van der Waals surface area contributed by atoms with E-state index in [9.17, 15) is 8.42 Å². The molecule has 0 saturated carbocycles. The van der Waals surface area contributed by atoms with E-state index in [1.54, 1.807) is 27.8 Å². The topological polar surface area (TPSA) is 73.8 Å². The van der Waals surface area contributed by atoms with Gasteiger partial charge in [-0.2, -0.15) is 0 Å². The molecule has 6 nitrogen and oxygen atoms in total. The van der Waals surface area contributed by atoms with Crippen LogP contribution in [-0.4, -0.2) is 69.0 Å². The second kappa shape index (κ2) is 10.5. The summed E-state index contributed by atoms with van der Waals surface area (Å²) in [6.07, 6.45) is 5.22. The number of nitrogens with zero attached hydrogens (tertiary/aromatic N) is 2. The lowest BCUT2D eigenvalue weighted by Gasteiger charge is -2.34. The van der Waals surface area contributed by atoms with E-state index in [4.69, 9.17) is 0 Å². The second-order valence-corrected chi connectivity index (χ2v) is 11.4. The zero-order chi connectivity index (χ0) is 19.8. The maximum atomic E-state index is 12.2. The highest BCUT2D eigenvalue weighted by molar-refractivity contribution is 7.92. The van der Waals surface area contributed by atoms with Gasteiger partial charge in [0, 0.05) is 26.2 Å². The van der Waals surface area contributed by atoms with E-state index in [2.05, 4.69) is 34.4 Å². The largest absolute Gasteiger partial charge is 0.355 e. The van der Waals surface area contributed by atoms with Crippen LogP contribution in [0.3, 0.4) is 0 Å². The first-order chi connectivity index (χ1) is 12.1. The molecule has 1 saturated heterocycles. The van der Waals surface area contributed by atoms with Crippen molar-refractivity contribution in [2.24, 2.45) is 10.9 Å². The van der Waals surface area contributed by atoms with Gasteiger partial charge in [0.1, 0.15) is 0 Å². The summed E-state index contributed by atoms with van der Waals surface area (Å²) in [6.45, 7) is 13.3. The van der Waals surface area contributed by atoms with Gasteiger partial charge in [0.2, 0.25) is 0 Å². The fourth-order valence-corrected chi connectivity index (χ4v) is 4.23. The molecule has 1 aliphatic rings. The summed E-state index contributed by atoms with van der Waals surface area (Å²) in [5.74, 6) is 1.34. The molecule has 0 aromatic carbocycles. The van der Waals surface area contributed by atoms with Gasteiger partial charge < -0.3 is 10.6 Å². The average Bonchev–Trinajstić information content (AvgIpc) is 2.81. The number of sulfone groups is 1. The van der Waals surface area contributed by atoms with Crippen LogP contribution in [0.1, 0.15) is 60.3 Å². The Morgan fingerprint density at radius 1 is 1.08 bits per heavy atom. The van der Waals surface area contributed by atoms with Crippen LogP contribution < -0.4 is 10.6 Å². The van der Waals surface area contributed by atoms with E-state index in [-0.39, 0.29) is 5.75 Å². The van der Waals surface area contributed by atoms with Crippen molar-refractivity contribution in [3.8, 4) is 0 Å². The molecular formula is C19H40N4O2S. The number of hydrogen-bond donors (Lipinski definition) is 2. The van der Waals surface area contributed by atoms with Crippen molar-refractivity contribution in [3.05, 3.63) is 0 Å². The van der Waals surface area contributed by atoms with Crippen molar-refractivity contribution in [2.75, 3.05) is 39.0 Å². The van der Waals surface area contributed by atoms with Crippen LogP contribution >= 0.6 is 0 Å². The number of rotatable bonds is 7. The minimum absolute atomic E-state index is 0.108. The molecule has 1 unspecified atom stereocenters. The van der Waals surface area contributed by atoms with E-state index < -0.39 is 14.6 Å². The zero-order valence-electron chi connectivity index (χ0n) is 17.6. The van der Waals surface area contributed by atoms with Crippen LogP contribution in [0.5, 0.6) is 0 Å². The number of aliphatic imine (C=N–C) groups is 1. The van der Waals surface area contributed by atoms with E-state index in [1.807, 2.05) is 0 Å². The van der Waals surface area contributed by atoms with Crippen LogP contribution in [0, 0.1) is 5.92 Å². The highest BCUT2D eigenvalue weighted by Gasteiger charge is 2.28. The monoisotopic (exact) mass is 388 g/mol. The normalized spacial score (nSPS) is 19.3. The van der Waals surface area contributed by atoms with Crippen molar-refractivity contribution in [1.82, 2.24) is 15.5 Å². The van der Waals surface area contributed by atoms with Crippen molar-refractivity contribution in [2.45, 2.75) is 71.1 Å². The van der Waals surface area contributed by atoms with Crippen molar-refractivity contribution in [1.29, 1.82) is 0 Å². The van der Waals surface area contributed by atoms with Crippen LogP contribution in [0.2, 0.25) is 0 Å². The van der Waals surface area contributed by atoms with Crippen molar-refractivity contribution in [3.63, 3.8) is 0 Å². The average molecular weight is 389 g/mol. The Morgan fingerprint density at radius 2 is 1.65 bits per heavy atom. The standard InChI is InChI=1S/C19H40N4O2S/c1-16(2)17(23-12-9-7-8-10-13-23)15-22-18(20-6)21-11-14-26(24,25)19(3,4)5/h16-17H,7-15H2,1-6H3,(H2,20,21,22). The molecular weight excluding hydrogens is 348 g/mol. The molecule has 26 heavy (non-hydrogen) atoms. The first kappa shape index (κ1) is 23.2. The number of likely N-dealkylation sites (tertiary alicyclic amines) is 1. The lowest BCUT2D eigenvalue weighted by Crippen LogP contribution is -2.50. The molecule has 0 aliphatic carbocycles. The molecule has 7 heteroatoms. The molecule has 154 valence electrons. The Bertz CT molecular complexity index is 530. The van der Waals surface area contributed by atoms with Gasteiger partial charge in [-0.25, -0.2) is 8.42 Å². The first-order valence-electron chi connectivity index (χ1n) is 9.99. The molecule has 2 N–H and O–H groups in total. The minimum Gasteiger partial charge on any atom is -0.355 e. The maximum Gasteiger partial charge on any atom is 0.191 e.